The first-order valence-corrected chi connectivity index (χ1v) is 18.4. The lowest BCUT2D eigenvalue weighted by Gasteiger charge is -2.18. The monoisotopic (exact) mass is 734 g/mol. The molecule has 3 amide bonds. The number of hydrogen-bond acceptors (Lipinski definition) is 4. The molecule has 7 rings (SSSR count). The number of amides is 3. The van der Waals surface area contributed by atoms with Gasteiger partial charge in [0, 0.05) is 55.2 Å². The maximum Gasteiger partial charge on any atom is 0.272 e. The minimum atomic E-state index is -0.551. The van der Waals surface area contributed by atoms with Crippen LogP contribution in [-0.4, -0.2) is 22.3 Å². The Hall–Kier alpha value is -6.09. The van der Waals surface area contributed by atoms with Gasteiger partial charge in [0.1, 0.15) is 10.9 Å². The van der Waals surface area contributed by atoms with Crippen molar-refractivity contribution in [2.75, 3.05) is 10.6 Å². The zero-order chi connectivity index (χ0) is 36.7. The van der Waals surface area contributed by atoms with Crippen molar-refractivity contribution in [3.05, 3.63) is 179 Å². The number of nitrogens with zero attached hydrogens (tertiary/aromatic N) is 1. The summed E-state index contributed by atoms with van der Waals surface area (Å²) in [6.07, 6.45) is 1.58. The first-order valence-electron chi connectivity index (χ1n) is 17.1. The van der Waals surface area contributed by atoms with Crippen molar-refractivity contribution >= 4 is 80.3 Å². The second kappa shape index (κ2) is 16.1. The van der Waals surface area contributed by atoms with Crippen molar-refractivity contribution < 1.29 is 14.4 Å². The van der Waals surface area contributed by atoms with Crippen LogP contribution in [0.4, 0.5) is 11.4 Å². The van der Waals surface area contributed by atoms with Crippen molar-refractivity contribution in [1.82, 2.24) is 9.88 Å². The molecule has 1 atom stereocenters. The topological polar surface area (TPSA) is 92.2 Å². The van der Waals surface area contributed by atoms with Gasteiger partial charge in [-0.15, -0.1) is 11.8 Å². The SMILES string of the molecule is CCn1c2ccccc2c2cc(NC(=O)C(Sc3ccc(NC(=O)/C(=C/c4cccc(Cl)c4)NC(=O)c4ccccc4)cc3)c3ccccc3)ccc21. The predicted octanol–water partition coefficient (Wildman–Crippen LogP) is 10.3. The van der Waals surface area contributed by atoms with Gasteiger partial charge in [0.05, 0.1) is 0 Å². The summed E-state index contributed by atoms with van der Waals surface area (Å²) in [6, 6.07) is 47.0. The number of fused-ring (bicyclic) bond motifs is 3. The Balaban J connectivity index is 1.09. The molecule has 0 fully saturated rings. The third-order valence-electron chi connectivity index (χ3n) is 8.75. The third kappa shape index (κ3) is 8.20. The molecule has 7 nitrogen and oxygen atoms in total. The van der Waals surface area contributed by atoms with E-state index in [1.165, 1.54) is 11.8 Å². The maximum absolute atomic E-state index is 14.0. The van der Waals surface area contributed by atoms with Crippen LogP contribution in [0.3, 0.4) is 0 Å². The van der Waals surface area contributed by atoms with E-state index in [0.29, 0.717) is 21.8 Å². The molecular formula is C44H35ClN4O3S. The zero-order valence-corrected chi connectivity index (χ0v) is 30.3. The molecule has 1 heterocycles. The minimum Gasteiger partial charge on any atom is -0.341 e. The fraction of sp³-hybridized carbons (Fsp3) is 0.0682. The number of anilines is 2. The van der Waals surface area contributed by atoms with Crippen LogP contribution in [0, 0.1) is 0 Å². The summed E-state index contributed by atoms with van der Waals surface area (Å²) in [5.41, 5.74) is 5.52. The Morgan fingerprint density at radius 3 is 2.11 bits per heavy atom. The van der Waals surface area contributed by atoms with E-state index in [2.05, 4.69) is 45.6 Å². The summed E-state index contributed by atoms with van der Waals surface area (Å²) in [6.45, 7) is 2.98. The minimum absolute atomic E-state index is 0.0535. The van der Waals surface area contributed by atoms with E-state index in [4.69, 9.17) is 11.6 Å². The lowest BCUT2D eigenvalue weighted by atomic mass is 10.1. The zero-order valence-electron chi connectivity index (χ0n) is 28.8. The highest BCUT2D eigenvalue weighted by molar-refractivity contribution is 8.00. The molecule has 0 saturated heterocycles. The van der Waals surface area contributed by atoms with Gasteiger partial charge in [0.25, 0.3) is 11.8 Å². The first kappa shape index (κ1) is 35.3. The standard InChI is InChI=1S/C44H35ClN4O3S/c1-2-49-39-19-10-9-18-36(39)37-28-34(22-25-40(37)49)47-44(52)41(30-13-5-3-6-14-30)53-35-23-20-33(21-24-35)46-43(51)38(27-29-12-11-17-32(45)26-29)48-42(50)31-15-7-4-8-16-31/h3-28,41H,2H2,1H3,(H,46,51)(H,47,52)(H,48,50)/b38-27-. The van der Waals surface area contributed by atoms with Gasteiger partial charge in [-0.2, -0.15) is 0 Å². The number of halogens is 1. The van der Waals surface area contributed by atoms with Crippen molar-refractivity contribution in [1.29, 1.82) is 0 Å². The molecule has 0 spiro atoms. The third-order valence-corrected chi connectivity index (χ3v) is 10.3. The fourth-order valence-corrected chi connectivity index (χ4v) is 7.46. The number of para-hydroxylation sites is 1. The average Bonchev–Trinajstić information content (AvgIpc) is 3.50. The lowest BCUT2D eigenvalue weighted by molar-refractivity contribution is -0.116. The molecule has 1 aromatic heterocycles. The van der Waals surface area contributed by atoms with Crippen molar-refractivity contribution in [3.8, 4) is 0 Å². The maximum atomic E-state index is 14.0. The van der Waals surface area contributed by atoms with E-state index in [-0.39, 0.29) is 11.6 Å². The van der Waals surface area contributed by atoms with Gasteiger partial charge in [-0.25, -0.2) is 0 Å². The largest absolute Gasteiger partial charge is 0.341 e. The molecule has 9 heteroatoms. The molecule has 7 aromatic rings. The van der Waals surface area contributed by atoms with E-state index in [9.17, 15) is 14.4 Å². The van der Waals surface area contributed by atoms with E-state index < -0.39 is 17.1 Å². The van der Waals surface area contributed by atoms with E-state index in [1.807, 2.05) is 72.8 Å². The summed E-state index contributed by atoms with van der Waals surface area (Å²) in [5, 5.41) is 11.0. The van der Waals surface area contributed by atoms with Crippen LogP contribution in [-0.2, 0) is 16.1 Å². The normalized spacial score (nSPS) is 12.0. The van der Waals surface area contributed by atoms with Crippen molar-refractivity contribution in [3.63, 3.8) is 0 Å². The molecule has 3 N–H and O–H groups in total. The molecule has 0 saturated carbocycles. The highest BCUT2D eigenvalue weighted by atomic mass is 35.5. The quantitative estimate of drug-likeness (QED) is 0.0911. The van der Waals surface area contributed by atoms with Gasteiger partial charge in [-0.1, -0.05) is 90.5 Å². The first-order chi connectivity index (χ1) is 25.9. The molecule has 6 aromatic carbocycles. The number of hydrogen-bond donors (Lipinski definition) is 3. The summed E-state index contributed by atoms with van der Waals surface area (Å²) >= 11 is 7.61. The smallest absolute Gasteiger partial charge is 0.272 e. The lowest BCUT2D eigenvalue weighted by Crippen LogP contribution is -2.30. The Labute approximate surface area is 316 Å². The van der Waals surface area contributed by atoms with Gasteiger partial charge in [0.2, 0.25) is 5.91 Å². The number of rotatable bonds is 11. The van der Waals surface area contributed by atoms with Crippen LogP contribution >= 0.6 is 23.4 Å². The van der Waals surface area contributed by atoms with Crippen LogP contribution in [0.5, 0.6) is 0 Å². The summed E-state index contributed by atoms with van der Waals surface area (Å²) in [5.74, 6) is -1.07. The summed E-state index contributed by atoms with van der Waals surface area (Å²) in [7, 11) is 0. The van der Waals surface area contributed by atoms with Crippen molar-refractivity contribution in [2.45, 2.75) is 23.6 Å². The Bertz CT molecular complexity index is 2460. The van der Waals surface area contributed by atoms with Crippen LogP contribution < -0.4 is 16.0 Å². The molecule has 0 aliphatic heterocycles. The number of carbonyl (C=O) groups is 3. The number of nitrogens with one attached hydrogen (secondary N) is 3. The molecule has 0 aliphatic carbocycles. The number of benzene rings is 6. The molecule has 0 aliphatic rings. The number of aryl methyl sites for hydroxylation is 1. The van der Waals surface area contributed by atoms with Gasteiger partial charge >= 0.3 is 0 Å². The van der Waals surface area contributed by atoms with Gasteiger partial charge in [-0.05, 0) is 96.9 Å². The van der Waals surface area contributed by atoms with Gasteiger partial charge < -0.3 is 20.5 Å². The summed E-state index contributed by atoms with van der Waals surface area (Å²) < 4.78 is 2.28. The van der Waals surface area contributed by atoms with E-state index >= 15 is 0 Å². The Morgan fingerprint density at radius 2 is 1.38 bits per heavy atom. The molecule has 0 bridgehead atoms. The Morgan fingerprint density at radius 1 is 0.698 bits per heavy atom. The number of thioether (sulfide) groups is 1. The molecule has 262 valence electrons. The van der Waals surface area contributed by atoms with Crippen LogP contribution in [0.15, 0.2) is 162 Å². The number of carbonyl (C=O) groups excluding carboxylic acids is 3. The summed E-state index contributed by atoms with van der Waals surface area (Å²) in [4.78, 5) is 41.4. The van der Waals surface area contributed by atoms with Crippen LogP contribution in [0.2, 0.25) is 5.02 Å². The van der Waals surface area contributed by atoms with Gasteiger partial charge in [0.15, 0.2) is 0 Å². The van der Waals surface area contributed by atoms with Crippen LogP contribution in [0.25, 0.3) is 27.9 Å². The molecule has 1 unspecified atom stereocenters. The van der Waals surface area contributed by atoms with Crippen molar-refractivity contribution in [2.24, 2.45) is 0 Å². The average molecular weight is 735 g/mol. The predicted molar refractivity (Wildman–Crippen MR) is 217 cm³/mol. The molecule has 53 heavy (non-hydrogen) atoms. The van der Waals surface area contributed by atoms with E-state index in [1.54, 1.807) is 66.7 Å². The Kier molecular flexibility index (Phi) is 10.7. The molecule has 0 radical (unpaired) electrons. The fourth-order valence-electron chi connectivity index (χ4n) is 6.24. The highest BCUT2D eigenvalue weighted by Crippen LogP contribution is 2.38. The molecular weight excluding hydrogens is 700 g/mol. The van der Waals surface area contributed by atoms with Crippen LogP contribution in [0.1, 0.15) is 33.7 Å². The van der Waals surface area contributed by atoms with E-state index in [0.717, 1.165) is 44.5 Å². The second-order valence-corrected chi connectivity index (χ2v) is 13.9. The highest BCUT2D eigenvalue weighted by Gasteiger charge is 2.23. The second-order valence-electron chi connectivity index (χ2n) is 12.3. The van der Waals surface area contributed by atoms with Gasteiger partial charge in [-0.3, -0.25) is 14.4 Å². The number of aromatic nitrogens is 1.